The molecule has 0 aromatic heterocycles. The van der Waals surface area contributed by atoms with Gasteiger partial charge in [-0.15, -0.1) is 6.58 Å². The molecule has 0 aliphatic rings. The number of hydrogen-bond donors (Lipinski definition) is 2. The normalized spacial score (nSPS) is 11.8. The van der Waals surface area contributed by atoms with Gasteiger partial charge in [-0.05, 0) is 5.56 Å². The van der Waals surface area contributed by atoms with Crippen molar-refractivity contribution in [3.8, 4) is 0 Å². The van der Waals surface area contributed by atoms with Crippen molar-refractivity contribution >= 4 is 17.7 Å². The number of carbonyl (C=O) groups excluding carboxylic acids is 1. The molecule has 1 aromatic rings. The third-order valence-corrected chi connectivity index (χ3v) is 3.40. The monoisotopic (exact) mass is 264 g/mol. The first-order valence-electron chi connectivity index (χ1n) is 6.00. The van der Waals surface area contributed by atoms with Crippen LogP contribution in [0.1, 0.15) is 18.0 Å². The van der Waals surface area contributed by atoms with Crippen LogP contribution in [0.3, 0.4) is 0 Å². The van der Waals surface area contributed by atoms with Crippen molar-refractivity contribution in [2.75, 3.05) is 18.1 Å². The van der Waals surface area contributed by atoms with Gasteiger partial charge in [0.15, 0.2) is 0 Å². The quantitative estimate of drug-likeness (QED) is 0.558. The molecule has 1 unspecified atom stereocenters. The molecule has 0 aliphatic heterocycles. The lowest BCUT2D eigenvalue weighted by Crippen LogP contribution is -2.29. The molecule has 0 spiro atoms. The summed E-state index contributed by atoms with van der Waals surface area (Å²) in [4.78, 5) is 11.6. The van der Waals surface area contributed by atoms with Gasteiger partial charge in [-0.25, -0.2) is 0 Å². The molecule has 18 heavy (non-hydrogen) atoms. The van der Waals surface area contributed by atoms with E-state index in [4.69, 9.17) is 5.73 Å². The minimum Gasteiger partial charge on any atom is -0.355 e. The second-order valence-electron chi connectivity index (χ2n) is 3.93. The van der Waals surface area contributed by atoms with Gasteiger partial charge in [0.25, 0.3) is 0 Å². The van der Waals surface area contributed by atoms with Gasteiger partial charge >= 0.3 is 0 Å². The summed E-state index contributed by atoms with van der Waals surface area (Å²) in [5.74, 6) is 1.82. The maximum absolute atomic E-state index is 11.6. The zero-order valence-corrected chi connectivity index (χ0v) is 11.3. The Hall–Kier alpha value is -1.26. The van der Waals surface area contributed by atoms with Crippen LogP contribution in [0.5, 0.6) is 0 Å². The Morgan fingerprint density at radius 2 is 2.17 bits per heavy atom. The molecule has 1 aromatic carbocycles. The third kappa shape index (κ3) is 5.89. The molecule has 3 N–H and O–H groups in total. The van der Waals surface area contributed by atoms with E-state index in [-0.39, 0.29) is 11.9 Å². The van der Waals surface area contributed by atoms with Crippen molar-refractivity contribution < 1.29 is 4.79 Å². The highest BCUT2D eigenvalue weighted by Crippen LogP contribution is 2.12. The standard InChI is InChI=1S/C14H20N2OS/c1-2-9-18-10-8-16-14(17)11-13(15)12-6-4-3-5-7-12/h2-7,13H,1,8-11,15H2,(H,16,17). The molecule has 3 nitrogen and oxygen atoms in total. The summed E-state index contributed by atoms with van der Waals surface area (Å²) in [6.45, 7) is 4.32. The van der Waals surface area contributed by atoms with E-state index >= 15 is 0 Å². The van der Waals surface area contributed by atoms with Gasteiger partial charge < -0.3 is 11.1 Å². The summed E-state index contributed by atoms with van der Waals surface area (Å²) in [6.07, 6.45) is 2.19. The van der Waals surface area contributed by atoms with Crippen LogP contribution in [0.2, 0.25) is 0 Å². The second kappa shape index (κ2) is 8.78. The minimum atomic E-state index is -0.230. The molecule has 1 amide bonds. The first kappa shape index (κ1) is 14.8. The molecular formula is C14H20N2OS. The van der Waals surface area contributed by atoms with Crippen molar-refractivity contribution in [2.45, 2.75) is 12.5 Å². The molecule has 0 heterocycles. The Kier molecular flexibility index (Phi) is 7.22. The summed E-state index contributed by atoms with van der Waals surface area (Å²) in [5, 5.41) is 2.87. The van der Waals surface area contributed by atoms with Crippen molar-refractivity contribution in [3.05, 3.63) is 48.6 Å². The molecule has 0 saturated carbocycles. The fourth-order valence-corrected chi connectivity index (χ4v) is 2.10. The average Bonchev–Trinajstić information content (AvgIpc) is 2.39. The van der Waals surface area contributed by atoms with Crippen LogP contribution in [0.25, 0.3) is 0 Å². The predicted molar refractivity (Wildman–Crippen MR) is 78.5 cm³/mol. The first-order valence-corrected chi connectivity index (χ1v) is 7.15. The van der Waals surface area contributed by atoms with Crippen LogP contribution >= 0.6 is 11.8 Å². The number of rotatable bonds is 8. The van der Waals surface area contributed by atoms with Gasteiger partial charge in [0, 0.05) is 30.5 Å². The second-order valence-corrected chi connectivity index (χ2v) is 5.08. The van der Waals surface area contributed by atoms with E-state index in [1.54, 1.807) is 11.8 Å². The van der Waals surface area contributed by atoms with Gasteiger partial charge in [-0.1, -0.05) is 36.4 Å². The van der Waals surface area contributed by atoms with Crippen molar-refractivity contribution in [1.82, 2.24) is 5.32 Å². The lowest BCUT2D eigenvalue weighted by Gasteiger charge is -2.11. The van der Waals surface area contributed by atoms with Gasteiger partial charge in [-0.3, -0.25) is 4.79 Å². The molecule has 0 aliphatic carbocycles. The van der Waals surface area contributed by atoms with E-state index in [0.29, 0.717) is 13.0 Å². The van der Waals surface area contributed by atoms with Crippen molar-refractivity contribution in [3.63, 3.8) is 0 Å². The topological polar surface area (TPSA) is 55.1 Å². The molecule has 0 fully saturated rings. The maximum Gasteiger partial charge on any atom is 0.221 e. The van der Waals surface area contributed by atoms with E-state index in [9.17, 15) is 4.79 Å². The SMILES string of the molecule is C=CCSCCNC(=O)CC(N)c1ccccc1. The van der Waals surface area contributed by atoms with Crippen LogP contribution in [0.4, 0.5) is 0 Å². The highest BCUT2D eigenvalue weighted by molar-refractivity contribution is 7.99. The van der Waals surface area contributed by atoms with Crippen molar-refractivity contribution in [2.24, 2.45) is 5.73 Å². The zero-order valence-electron chi connectivity index (χ0n) is 10.5. The Morgan fingerprint density at radius 3 is 2.83 bits per heavy atom. The number of amides is 1. The Labute approximate surface area is 113 Å². The van der Waals surface area contributed by atoms with Crippen molar-refractivity contribution in [1.29, 1.82) is 0 Å². The first-order chi connectivity index (χ1) is 8.74. The average molecular weight is 264 g/mol. The smallest absolute Gasteiger partial charge is 0.221 e. The van der Waals surface area contributed by atoms with Gasteiger partial charge in [-0.2, -0.15) is 11.8 Å². The molecular weight excluding hydrogens is 244 g/mol. The fourth-order valence-electron chi connectivity index (χ4n) is 1.52. The summed E-state index contributed by atoms with van der Waals surface area (Å²) in [5.41, 5.74) is 6.96. The van der Waals surface area contributed by atoms with E-state index in [1.165, 1.54) is 0 Å². The van der Waals surface area contributed by atoms with Gasteiger partial charge in [0.2, 0.25) is 5.91 Å². The molecule has 1 atom stereocenters. The lowest BCUT2D eigenvalue weighted by molar-refractivity contribution is -0.121. The van der Waals surface area contributed by atoms with E-state index in [0.717, 1.165) is 17.1 Å². The zero-order chi connectivity index (χ0) is 13.2. The van der Waals surface area contributed by atoms with Crippen LogP contribution in [-0.4, -0.2) is 24.0 Å². The summed E-state index contributed by atoms with van der Waals surface area (Å²) < 4.78 is 0. The fraction of sp³-hybridized carbons (Fsp3) is 0.357. The molecule has 98 valence electrons. The Morgan fingerprint density at radius 1 is 1.44 bits per heavy atom. The van der Waals surface area contributed by atoms with E-state index in [1.807, 2.05) is 36.4 Å². The van der Waals surface area contributed by atoms with Gasteiger partial charge in [0.05, 0.1) is 0 Å². The number of carbonyl (C=O) groups is 1. The molecule has 0 radical (unpaired) electrons. The highest BCUT2D eigenvalue weighted by Gasteiger charge is 2.10. The molecule has 0 bridgehead atoms. The summed E-state index contributed by atoms with van der Waals surface area (Å²) in [7, 11) is 0. The highest BCUT2D eigenvalue weighted by atomic mass is 32.2. The number of hydrogen-bond acceptors (Lipinski definition) is 3. The number of nitrogens with one attached hydrogen (secondary N) is 1. The largest absolute Gasteiger partial charge is 0.355 e. The molecule has 1 rings (SSSR count). The Balaban J connectivity index is 2.21. The van der Waals surface area contributed by atoms with Crippen LogP contribution < -0.4 is 11.1 Å². The molecule has 0 saturated heterocycles. The van der Waals surface area contributed by atoms with Crippen LogP contribution in [0.15, 0.2) is 43.0 Å². The minimum absolute atomic E-state index is 0.00514. The Bertz CT molecular complexity index is 367. The maximum atomic E-state index is 11.6. The van der Waals surface area contributed by atoms with Crippen LogP contribution in [0, 0.1) is 0 Å². The lowest BCUT2D eigenvalue weighted by atomic mass is 10.0. The summed E-state index contributed by atoms with van der Waals surface area (Å²) >= 11 is 1.75. The van der Waals surface area contributed by atoms with E-state index in [2.05, 4.69) is 11.9 Å². The number of nitrogens with two attached hydrogens (primary N) is 1. The number of thioether (sulfide) groups is 1. The van der Waals surface area contributed by atoms with E-state index < -0.39 is 0 Å². The van der Waals surface area contributed by atoms with Gasteiger partial charge in [0.1, 0.15) is 0 Å². The van der Waals surface area contributed by atoms with Crippen LogP contribution in [-0.2, 0) is 4.79 Å². The number of benzene rings is 1. The summed E-state index contributed by atoms with van der Waals surface area (Å²) in [6, 6.07) is 9.45. The predicted octanol–water partition coefficient (Wildman–Crippen LogP) is 2.11. The third-order valence-electron chi connectivity index (χ3n) is 2.44. The molecule has 4 heteroatoms.